The molecule has 1 heterocycles. The summed E-state index contributed by atoms with van der Waals surface area (Å²) in [6.07, 6.45) is -6.99. The molecule has 1 rings (SSSR count). The van der Waals surface area contributed by atoms with Crippen molar-refractivity contribution in [3.8, 4) is 0 Å². The molecule has 0 aromatic carbocycles. The summed E-state index contributed by atoms with van der Waals surface area (Å²) >= 11 is 3.89. The number of alkyl halides is 3. The molecule has 0 amide bonds. The molecule has 0 aliphatic rings. The number of hydrogen-bond acceptors (Lipinski definition) is 2. The number of thiophene rings is 1. The van der Waals surface area contributed by atoms with Gasteiger partial charge >= 0.3 is 6.18 Å². The van der Waals surface area contributed by atoms with E-state index in [0.717, 1.165) is 11.3 Å². The maximum absolute atomic E-state index is 12.1. The molecule has 13 heavy (non-hydrogen) atoms. The first-order chi connectivity index (χ1) is 5.84. The van der Waals surface area contributed by atoms with Crippen molar-refractivity contribution in [2.24, 2.45) is 0 Å². The molecule has 0 saturated carbocycles. The van der Waals surface area contributed by atoms with Crippen LogP contribution < -0.4 is 0 Å². The van der Waals surface area contributed by atoms with Crippen molar-refractivity contribution in [1.82, 2.24) is 0 Å². The normalized spacial score (nSPS) is 14.6. The standard InChI is InChI=1S/C7H6BrF3OS/c1-3-2-13-5(4(3)8)6(12)7(9,10)11/h2,6,12H,1H3/t6-/m0/s1. The second-order valence-electron chi connectivity index (χ2n) is 2.54. The summed E-state index contributed by atoms with van der Waals surface area (Å²) in [4.78, 5) is -0.0926. The topological polar surface area (TPSA) is 20.2 Å². The highest BCUT2D eigenvalue weighted by atomic mass is 79.9. The molecule has 0 spiro atoms. The van der Waals surface area contributed by atoms with Gasteiger partial charge in [-0.3, -0.25) is 0 Å². The third kappa shape index (κ3) is 2.24. The third-order valence-corrected chi connectivity index (χ3v) is 3.95. The number of rotatable bonds is 1. The van der Waals surface area contributed by atoms with Gasteiger partial charge in [-0.15, -0.1) is 11.3 Å². The highest BCUT2D eigenvalue weighted by Gasteiger charge is 2.41. The highest BCUT2D eigenvalue weighted by molar-refractivity contribution is 9.10. The quantitative estimate of drug-likeness (QED) is 0.832. The SMILES string of the molecule is Cc1csc([C@H](O)C(F)(F)F)c1Br. The molecule has 0 unspecified atom stereocenters. The molecule has 1 N–H and O–H groups in total. The van der Waals surface area contributed by atoms with Crippen LogP contribution in [0.15, 0.2) is 9.85 Å². The van der Waals surface area contributed by atoms with Gasteiger partial charge in [-0.05, 0) is 33.8 Å². The molecule has 0 aliphatic carbocycles. The predicted molar refractivity (Wildman–Crippen MR) is 47.8 cm³/mol. The first kappa shape index (κ1) is 11.0. The van der Waals surface area contributed by atoms with E-state index in [1.54, 1.807) is 12.3 Å². The van der Waals surface area contributed by atoms with E-state index in [0.29, 0.717) is 10.0 Å². The first-order valence-corrected chi connectivity index (χ1v) is 4.99. The third-order valence-electron chi connectivity index (χ3n) is 1.48. The molecule has 0 fully saturated rings. The van der Waals surface area contributed by atoms with Crippen LogP contribution in [-0.2, 0) is 0 Å². The highest BCUT2D eigenvalue weighted by Crippen LogP contribution is 2.40. The molecule has 0 bridgehead atoms. The Kier molecular flexibility index (Phi) is 3.04. The fourth-order valence-corrected chi connectivity index (χ4v) is 2.49. The van der Waals surface area contributed by atoms with Crippen molar-refractivity contribution in [3.05, 3.63) is 20.3 Å². The van der Waals surface area contributed by atoms with Crippen molar-refractivity contribution in [2.45, 2.75) is 19.2 Å². The Morgan fingerprint density at radius 1 is 1.54 bits per heavy atom. The van der Waals surface area contributed by atoms with Gasteiger partial charge in [-0.2, -0.15) is 13.2 Å². The van der Waals surface area contributed by atoms with Crippen molar-refractivity contribution < 1.29 is 18.3 Å². The lowest BCUT2D eigenvalue weighted by Gasteiger charge is -2.13. The zero-order valence-electron chi connectivity index (χ0n) is 6.52. The molecule has 0 aliphatic heterocycles. The van der Waals surface area contributed by atoms with Crippen LogP contribution in [0.1, 0.15) is 16.5 Å². The van der Waals surface area contributed by atoms with Gasteiger partial charge in [0.2, 0.25) is 0 Å². The molecule has 0 saturated heterocycles. The maximum atomic E-state index is 12.1. The zero-order chi connectivity index (χ0) is 10.2. The number of aliphatic hydroxyl groups is 1. The number of hydrogen-bond donors (Lipinski definition) is 1. The van der Waals surface area contributed by atoms with E-state index in [9.17, 15) is 13.2 Å². The van der Waals surface area contributed by atoms with Crippen LogP contribution in [0.2, 0.25) is 0 Å². The monoisotopic (exact) mass is 274 g/mol. The van der Waals surface area contributed by atoms with Gasteiger partial charge in [-0.25, -0.2) is 0 Å². The van der Waals surface area contributed by atoms with E-state index in [2.05, 4.69) is 15.9 Å². The molecule has 1 aromatic heterocycles. The van der Waals surface area contributed by atoms with E-state index in [-0.39, 0.29) is 4.88 Å². The molecule has 6 heteroatoms. The minimum Gasteiger partial charge on any atom is -0.379 e. The summed E-state index contributed by atoms with van der Waals surface area (Å²) in [5, 5.41) is 10.5. The Balaban J connectivity index is 3.02. The Bertz CT molecular complexity index is 307. The van der Waals surface area contributed by atoms with Gasteiger partial charge < -0.3 is 5.11 Å². The zero-order valence-corrected chi connectivity index (χ0v) is 8.92. The molecular formula is C7H6BrF3OS. The summed E-state index contributed by atoms with van der Waals surface area (Å²) in [5.41, 5.74) is 0.698. The molecule has 0 radical (unpaired) electrons. The summed E-state index contributed by atoms with van der Waals surface area (Å²) in [5.74, 6) is 0. The summed E-state index contributed by atoms with van der Waals surface area (Å²) < 4.78 is 36.5. The van der Waals surface area contributed by atoms with Gasteiger partial charge in [0.25, 0.3) is 0 Å². The van der Waals surface area contributed by atoms with Gasteiger partial charge in [-0.1, -0.05) is 0 Å². The fourth-order valence-electron chi connectivity index (χ4n) is 0.783. The van der Waals surface area contributed by atoms with Crippen LogP contribution in [0.5, 0.6) is 0 Å². The average molecular weight is 275 g/mol. The van der Waals surface area contributed by atoms with Crippen LogP contribution in [0.25, 0.3) is 0 Å². The van der Waals surface area contributed by atoms with Crippen LogP contribution in [-0.4, -0.2) is 11.3 Å². The summed E-state index contributed by atoms with van der Waals surface area (Å²) in [6.45, 7) is 1.67. The predicted octanol–water partition coefficient (Wildman–Crippen LogP) is 3.41. The van der Waals surface area contributed by atoms with Gasteiger partial charge in [0.1, 0.15) is 0 Å². The van der Waals surface area contributed by atoms with Crippen LogP contribution in [0, 0.1) is 6.92 Å². The second-order valence-corrected chi connectivity index (χ2v) is 4.25. The van der Waals surface area contributed by atoms with E-state index in [4.69, 9.17) is 5.11 Å². The van der Waals surface area contributed by atoms with Gasteiger partial charge in [0, 0.05) is 4.47 Å². The average Bonchev–Trinajstić information content (AvgIpc) is 2.30. The van der Waals surface area contributed by atoms with Gasteiger partial charge in [0.15, 0.2) is 6.10 Å². The molecular weight excluding hydrogens is 269 g/mol. The van der Waals surface area contributed by atoms with E-state index in [1.807, 2.05) is 0 Å². The first-order valence-electron chi connectivity index (χ1n) is 3.32. The van der Waals surface area contributed by atoms with E-state index >= 15 is 0 Å². The molecule has 1 atom stereocenters. The molecule has 74 valence electrons. The van der Waals surface area contributed by atoms with Gasteiger partial charge in [0.05, 0.1) is 4.88 Å². The number of aryl methyl sites for hydroxylation is 1. The van der Waals surface area contributed by atoms with Crippen molar-refractivity contribution >= 4 is 27.3 Å². The van der Waals surface area contributed by atoms with E-state index in [1.165, 1.54) is 0 Å². The smallest absolute Gasteiger partial charge is 0.379 e. The fraction of sp³-hybridized carbons (Fsp3) is 0.429. The minimum atomic E-state index is -4.60. The lowest BCUT2D eigenvalue weighted by atomic mass is 10.2. The Hall–Kier alpha value is -0.0700. The van der Waals surface area contributed by atoms with E-state index < -0.39 is 12.3 Å². The second kappa shape index (κ2) is 3.59. The van der Waals surface area contributed by atoms with Crippen LogP contribution in [0.3, 0.4) is 0 Å². The van der Waals surface area contributed by atoms with Crippen LogP contribution >= 0.6 is 27.3 Å². The minimum absolute atomic E-state index is 0.0926. The van der Waals surface area contributed by atoms with Crippen molar-refractivity contribution in [3.63, 3.8) is 0 Å². The van der Waals surface area contributed by atoms with Crippen molar-refractivity contribution in [2.75, 3.05) is 0 Å². The largest absolute Gasteiger partial charge is 0.419 e. The molecule has 1 nitrogen and oxygen atoms in total. The molecule has 1 aromatic rings. The Morgan fingerprint density at radius 3 is 2.38 bits per heavy atom. The lowest BCUT2D eigenvalue weighted by Crippen LogP contribution is -2.19. The Morgan fingerprint density at radius 2 is 2.08 bits per heavy atom. The number of aliphatic hydroxyl groups excluding tert-OH is 1. The van der Waals surface area contributed by atoms with Crippen LogP contribution in [0.4, 0.5) is 13.2 Å². The Labute approximate surface area is 85.3 Å². The maximum Gasteiger partial charge on any atom is 0.419 e. The summed E-state index contributed by atoms with van der Waals surface area (Å²) in [6, 6.07) is 0. The lowest BCUT2D eigenvalue weighted by molar-refractivity contribution is -0.205. The number of halogens is 4. The van der Waals surface area contributed by atoms with Crippen molar-refractivity contribution in [1.29, 1.82) is 0 Å². The summed E-state index contributed by atoms with van der Waals surface area (Å²) in [7, 11) is 0.